The molecule has 1 aliphatic heterocycles. The second-order valence-corrected chi connectivity index (χ2v) is 7.10. The Balaban J connectivity index is 0.000000220. The molecule has 0 amide bonds. The molecule has 1 heterocycles. The Morgan fingerprint density at radius 2 is 1.77 bits per heavy atom. The van der Waals surface area contributed by atoms with Crippen LogP contribution in [0.15, 0.2) is 30.8 Å². The number of rotatable bonds is 2. The van der Waals surface area contributed by atoms with E-state index in [1.807, 2.05) is 0 Å². The van der Waals surface area contributed by atoms with Gasteiger partial charge in [0.1, 0.15) is 0 Å². The van der Waals surface area contributed by atoms with Crippen LogP contribution in [0.4, 0.5) is 0 Å². The predicted octanol–water partition coefficient (Wildman–Crippen LogP) is 4.54. The van der Waals surface area contributed by atoms with Crippen LogP contribution >= 0.6 is 0 Å². The van der Waals surface area contributed by atoms with Gasteiger partial charge in [0.15, 0.2) is 0 Å². The third-order valence-electron chi connectivity index (χ3n) is 5.30. The summed E-state index contributed by atoms with van der Waals surface area (Å²) in [5.74, 6) is -0.902. The van der Waals surface area contributed by atoms with Crippen molar-refractivity contribution in [2.45, 2.75) is 46.1 Å². The molecular formula is C19H29NO2. The Morgan fingerprint density at radius 1 is 1.23 bits per heavy atom. The molecule has 22 heavy (non-hydrogen) atoms. The lowest BCUT2D eigenvalue weighted by Gasteiger charge is -2.52. The van der Waals surface area contributed by atoms with E-state index in [0.29, 0.717) is 16.5 Å². The van der Waals surface area contributed by atoms with Gasteiger partial charge in [-0.25, -0.2) is 4.79 Å². The number of piperidine rings is 1. The molecule has 0 spiro atoms. The Morgan fingerprint density at radius 3 is 2.14 bits per heavy atom. The van der Waals surface area contributed by atoms with Crippen molar-refractivity contribution in [2.24, 2.45) is 5.41 Å². The number of aromatic carboxylic acids is 1. The quantitative estimate of drug-likeness (QED) is 0.871. The van der Waals surface area contributed by atoms with Gasteiger partial charge < -0.3 is 10.0 Å². The number of carbonyl (C=O) groups is 1. The largest absolute Gasteiger partial charge is 0.478 e. The maximum atomic E-state index is 10.4. The van der Waals surface area contributed by atoms with Crippen molar-refractivity contribution in [2.75, 3.05) is 13.6 Å². The smallest absolute Gasteiger partial charge is 0.335 e. The van der Waals surface area contributed by atoms with Crippen LogP contribution < -0.4 is 0 Å². The van der Waals surface area contributed by atoms with E-state index in [1.54, 1.807) is 30.3 Å². The number of benzene rings is 1. The molecule has 1 fully saturated rings. The van der Waals surface area contributed by atoms with Crippen molar-refractivity contribution in [1.29, 1.82) is 0 Å². The van der Waals surface area contributed by atoms with Crippen LogP contribution in [0, 0.1) is 5.41 Å². The maximum Gasteiger partial charge on any atom is 0.335 e. The molecule has 1 aromatic carbocycles. The highest BCUT2D eigenvalue weighted by Gasteiger charge is 2.42. The fourth-order valence-electron chi connectivity index (χ4n) is 2.62. The zero-order valence-corrected chi connectivity index (χ0v) is 14.5. The van der Waals surface area contributed by atoms with Crippen molar-refractivity contribution in [1.82, 2.24) is 4.90 Å². The van der Waals surface area contributed by atoms with Crippen molar-refractivity contribution in [3.63, 3.8) is 0 Å². The topological polar surface area (TPSA) is 40.5 Å². The number of carboxylic acid groups (broad SMARTS) is 1. The van der Waals surface area contributed by atoms with Gasteiger partial charge in [0, 0.05) is 5.54 Å². The zero-order chi connectivity index (χ0) is 17.0. The Labute approximate surface area is 134 Å². The van der Waals surface area contributed by atoms with Gasteiger partial charge in [0.25, 0.3) is 0 Å². The van der Waals surface area contributed by atoms with E-state index in [-0.39, 0.29) is 0 Å². The molecule has 0 radical (unpaired) electrons. The van der Waals surface area contributed by atoms with Gasteiger partial charge in [-0.15, -0.1) is 0 Å². The SMILES string of the molecule is C=Cc1ccc(C(=O)O)cc1.CN1CCCC(C)(C)C1(C)C. The molecule has 0 unspecified atom stereocenters. The number of nitrogens with zero attached hydrogens (tertiary/aromatic N) is 1. The Bertz CT molecular complexity index is 515. The van der Waals surface area contributed by atoms with Gasteiger partial charge in [-0.3, -0.25) is 0 Å². The summed E-state index contributed by atoms with van der Waals surface area (Å²) in [7, 11) is 2.24. The first-order chi connectivity index (χ1) is 10.1. The highest BCUT2D eigenvalue weighted by molar-refractivity contribution is 5.87. The number of likely N-dealkylation sites (tertiary alicyclic amines) is 1. The van der Waals surface area contributed by atoms with E-state index in [0.717, 1.165) is 5.56 Å². The van der Waals surface area contributed by atoms with Crippen LogP contribution in [0.25, 0.3) is 6.08 Å². The molecule has 0 aromatic heterocycles. The van der Waals surface area contributed by atoms with E-state index in [4.69, 9.17) is 5.11 Å². The van der Waals surface area contributed by atoms with Crippen LogP contribution in [0.3, 0.4) is 0 Å². The van der Waals surface area contributed by atoms with Crippen LogP contribution in [0.1, 0.15) is 56.5 Å². The van der Waals surface area contributed by atoms with Crippen molar-refractivity contribution < 1.29 is 9.90 Å². The summed E-state index contributed by atoms with van der Waals surface area (Å²) in [5.41, 5.74) is 2.07. The van der Waals surface area contributed by atoms with E-state index >= 15 is 0 Å². The molecule has 1 aliphatic rings. The summed E-state index contributed by atoms with van der Waals surface area (Å²) in [5, 5.41) is 8.52. The summed E-state index contributed by atoms with van der Waals surface area (Å²) >= 11 is 0. The lowest BCUT2D eigenvalue weighted by atomic mass is 9.68. The first kappa shape index (κ1) is 18.4. The molecule has 122 valence electrons. The van der Waals surface area contributed by atoms with Gasteiger partial charge in [-0.05, 0) is 63.4 Å². The average Bonchev–Trinajstić information content (AvgIpc) is 2.46. The molecule has 3 heteroatoms. The molecule has 1 saturated heterocycles. The molecule has 0 aliphatic carbocycles. The normalized spacial score (nSPS) is 19.7. The third-order valence-corrected chi connectivity index (χ3v) is 5.30. The van der Waals surface area contributed by atoms with E-state index < -0.39 is 5.97 Å². The van der Waals surface area contributed by atoms with Crippen molar-refractivity contribution >= 4 is 12.0 Å². The molecule has 0 saturated carbocycles. The molecular weight excluding hydrogens is 274 g/mol. The summed E-state index contributed by atoms with van der Waals surface area (Å²) in [4.78, 5) is 12.9. The first-order valence-corrected chi connectivity index (χ1v) is 7.79. The molecule has 2 rings (SSSR count). The minimum atomic E-state index is -0.902. The van der Waals surface area contributed by atoms with Crippen molar-refractivity contribution in [3.8, 4) is 0 Å². The molecule has 1 aromatic rings. The number of carboxylic acids is 1. The molecule has 0 atom stereocenters. The van der Waals surface area contributed by atoms with Gasteiger partial charge in [0.05, 0.1) is 5.56 Å². The molecule has 0 bridgehead atoms. The average molecular weight is 303 g/mol. The van der Waals surface area contributed by atoms with Gasteiger partial charge >= 0.3 is 5.97 Å². The van der Waals surface area contributed by atoms with Crippen LogP contribution in [0.5, 0.6) is 0 Å². The summed E-state index contributed by atoms with van der Waals surface area (Å²) < 4.78 is 0. The Hall–Kier alpha value is -1.61. The van der Waals surface area contributed by atoms with Gasteiger partial charge in [0.2, 0.25) is 0 Å². The Kier molecular flexibility index (Phi) is 5.95. The molecule has 3 nitrogen and oxygen atoms in total. The summed E-state index contributed by atoms with van der Waals surface area (Å²) in [6.45, 7) is 14.3. The van der Waals surface area contributed by atoms with Gasteiger partial charge in [-0.1, -0.05) is 38.6 Å². The monoisotopic (exact) mass is 303 g/mol. The van der Waals surface area contributed by atoms with E-state index in [9.17, 15) is 4.79 Å². The molecule has 1 N–H and O–H groups in total. The highest BCUT2D eigenvalue weighted by Crippen LogP contribution is 2.42. The lowest BCUT2D eigenvalue weighted by Crippen LogP contribution is -2.55. The minimum Gasteiger partial charge on any atom is -0.478 e. The second-order valence-electron chi connectivity index (χ2n) is 7.10. The second kappa shape index (κ2) is 7.10. The minimum absolute atomic E-state index is 0.301. The number of hydrogen-bond donors (Lipinski definition) is 1. The number of hydrogen-bond acceptors (Lipinski definition) is 2. The van der Waals surface area contributed by atoms with Crippen LogP contribution in [0.2, 0.25) is 0 Å². The van der Waals surface area contributed by atoms with Gasteiger partial charge in [-0.2, -0.15) is 0 Å². The lowest BCUT2D eigenvalue weighted by molar-refractivity contribution is -0.0121. The van der Waals surface area contributed by atoms with E-state index in [1.165, 1.54) is 19.4 Å². The zero-order valence-electron chi connectivity index (χ0n) is 14.5. The summed E-state index contributed by atoms with van der Waals surface area (Å²) in [6, 6.07) is 6.55. The highest BCUT2D eigenvalue weighted by atomic mass is 16.4. The fraction of sp³-hybridized carbons (Fsp3) is 0.526. The van der Waals surface area contributed by atoms with Crippen LogP contribution in [-0.4, -0.2) is 35.1 Å². The fourth-order valence-corrected chi connectivity index (χ4v) is 2.62. The summed E-state index contributed by atoms with van der Waals surface area (Å²) in [6.07, 6.45) is 4.39. The standard InChI is InChI=1S/C10H21N.C9H8O2/c1-9(2)7-6-8-11(5)10(9,3)4;1-2-7-3-5-8(6-4-7)9(10)11/h6-8H2,1-5H3;2-6H,1H2,(H,10,11). The maximum absolute atomic E-state index is 10.4. The van der Waals surface area contributed by atoms with Crippen molar-refractivity contribution in [3.05, 3.63) is 42.0 Å². The first-order valence-electron chi connectivity index (χ1n) is 7.79. The third kappa shape index (κ3) is 4.20. The predicted molar refractivity (Wildman–Crippen MR) is 93.2 cm³/mol. The van der Waals surface area contributed by atoms with E-state index in [2.05, 4.69) is 46.2 Å². The van der Waals surface area contributed by atoms with Crippen LogP contribution in [-0.2, 0) is 0 Å².